The van der Waals surface area contributed by atoms with Crippen molar-refractivity contribution >= 4 is 0 Å². The van der Waals surface area contributed by atoms with E-state index in [1.807, 2.05) is 7.05 Å². The van der Waals surface area contributed by atoms with Crippen LogP contribution in [0.3, 0.4) is 0 Å². The minimum atomic E-state index is -0.177. The average Bonchev–Trinajstić information content (AvgIpc) is 3.18. The molecule has 3 nitrogen and oxygen atoms in total. The minimum Gasteiger partial charge on any atom is -0.394 e. The molecule has 1 unspecified atom stereocenters. The topological polar surface area (TPSA) is 41.5 Å². The second kappa shape index (κ2) is 8.06. The highest BCUT2D eigenvalue weighted by molar-refractivity contribution is 5.00. The van der Waals surface area contributed by atoms with Crippen LogP contribution in [0.2, 0.25) is 0 Å². The quantitative estimate of drug-likeness (QED) is 0.547. The maximum atomic E-state index is 9.52. The van der Waals surface area contributed by atoms with Gasteiger partial charge in [0, 0.05) is 6.61 Å². The first kappa shape index (κ1) is 14.9. The van der Waals surface area contributed by atoms with Gasteiger partial charge in [-0.1, -0.05) is 32.6 Å². The van der Waals surface area contributed by atoms with Gasteiger partial charge in [0.1, 0.15) is 0 Å². The molecule has 0 heterocycles. The highest BCUT2D eigenvalue weighted by Crippen LogP contribution is 2.39. The van der Waals surface area contributed by atoms with Crippen molar-refractivity contribution in [3.63, 3.8) is 0 Å². The second-order valence-electron chi connectivity index (χ2n) is 5.31. The van der Waals surface area contributed by atoms with Crippen LogP contribution in [0.4, 0.5) is 0 Å². The van der Waals surface area contributed by atoms with Crippen molar-refractivity contribution in [3.8, 4) is 0 Å². The molecule has 0 spiro atoms. The summed E-state index contributed by atoms with van der Waals surface area (Å²) in [7, 11) is 1.93. The normalized spacial score (nSPS) is 19.2. The number of unbranched alkanes of at least 4 members (excludes halogenated alkanes) is 4. The van der Waals surface area contributed by atoms with E-state index in [0.29, 0.717) is 12.5 Å². The molecule has 0 aromatic heterocycles. The summed E-state index contributed by atoms with van der Waals surface area (Å²) in [6.45, 7) is 3.90. The highest BCUT2D eigenvalue weighted by Gasteiger charge is 2.43. The Hall–Kier alpha value is -0.120. The third-order valence-electron chi connectivity index (χ3n) is 3.89. The molecule has 17 heavy (non-hydrogen) atoms. The van der Waals surface area contributed by atoms with Crippen LogP contribution in [0.25, 0.3) is 0 Å². The van der Waals surface area contributed by atoms with E-state index in [9.17, 15) is 5.11 Å². The number of hydrogen-bond donors (Lipinski definition) is 2. The molecular weight excluding hydrogens is 214 g/mol. The zero-order chi connectivity index (χ0) is 12.6. The number of aliphatic hydroxyl groups is 1. The lowest BCUT2D eigenvalue weighted by Gasteiger charge is -2.31. The molecule has 0 saturated heterocycles. The summed E-state index contributed by atoms with van der Waals surface area (Å²) in [5.74, 6) is 0.609. The first-order valence-electron chi connectivity index (χ1n) is 7.16. The predicted molar refractivity (Wildman–Crippen MR) is 71.2 cm³/mol. The first-order valence-corrected chi connectivity index (χ1v) is 7.16. The van der Waals surface area contributed by atoms with E-state index in [0.717, 1.165) is 13.0 Å². The highest BCUT2D eigenvalue weighted by atomic mass is 16.5. The average molecular weight is 243 g/mol. The van der Waals surface area contributed by atoms with Crippen LogP contribution >= 0.6 is 0 Å². The summed E-state index contributed by atoms with van der Waals surface area (Å²) in [6, 6.07) is 0. The van der Waals surface area contributed by atoms with Crippen LogP contribution in [0.15, 0.2) is 0 Å². The number of hydrogen-bond acceptors (Lipinski definition) is 3. The van der Waals surface area contributed by atoms with Gasteiger partial charge >= 0.3 is 0 Å². The molecule has 0 amide bonds. The number of rotatable bonds is 11. The van der Waals surface area contributed by atoms with Gasteiger partial charge < -0.3 is 15.2 Å². The van der Waals surface area contributed by atoms with E-state index in [1.165, 1.54) is 38.5 Å². The summed E-state index contributed by atoms with van der Waals surface area (Å²) in [5, 5.41) is 12.8. The molecule has 102 valence electrons. The lowest BCUT2D eigenvalue weighted by Crippen LogP contribution is -2.52. The third kappa shape index (κ3) is 4.94. The van der Waals surface area contributed by atoms with Crippen LogP contribution in [-0.2, 0) is 4.74 Å². The van der Waals surface area contributed by atoms with Gasteiger partial charge in [-0.2, -0.15) is 0 Å². The molecule has 0 aliphatic heterocycles. The molecule has 1 atom stereocenters. The zero-order valence-electron chi connectivity index (χ0n) is 11.5. The Morgan fingerprint density at radius 1 is 1.24 bits per heavy atom. The summed E-state index contributed by atoms with van der Waals surface area (Å²) in [4.78, 5) is 0. The van der Waals surface area contributed by atoms with Crippen molar-refractivity contribution < 1.29 is 9.84 Å². The van der Waals surface area contributed by atoms with Crippen molar-refractivity contribution in [2.45, 2.75) is 57.4 Å². The Balaban J connectivity index is 2.07. The molecule has 0 bridgehead atoms. The molecule has 1 rings (SSSR count). The second-order valence-corrected chi connectivity index (χ2v) is 5.31. The summed E-state index contributed by atoms with van der Waals surface area (Å²) < 4.78 is 5.74. The van der Waals surface area contributed by atoms with E-state index < -0.39 is 0 Å². The van der Waals surface area contributed by atoms with Gasteiger partial charge in [0.2, 0.25) is 0 Å². The maximum absolute atomic E-state index is 9.52. The maximum Gasteiger partial charge on any atom is 0.0676 e. The number of likely N-dealkylation sites (N-methyl/N-ethyl adjacent to an activating group) is 1. The molecule has 1 saturated carbocycles. The zero-order valence-corrected chi connectivity index (χ0v) is 11.5. The van der Waals surface area contributed by atoms with Crippen LogP contribution in [0, 0.1) is 5.92 Å². The van der Waals surface area contributed by atoms with Gasteiger partial charge in [-0.25, -0.2) is 0 Å². The molecule has 1 fully saturated rings. The van der Waals surface area contributed by atoms with E-state index in [2.05, 4.69) is 12.2 Å². The van der Waals surface area contributed by atoms with E-state index >= 15 is 0 Å². The molecule has 0 aromatic carbocycles. The molecule has 3 heteroatoms. The smallest absolute Gasteiger partial charge is 0.0676 e. The fraction of sp³-hybridized carbons (Fsp3) is 1.00. The Labute approximate surface area is 106 Å². The van der Waals surface area contributed by atoms with Crippen molar-refractivity contribution in [3.05, 3.63) is 0 Å². The van der Waals surface area contributed by atoms with Gasteiger partial charge in [-0.15, -0.1) is 0 Å². The summed E-state index contributed by atoms with van der Waals surface area (Å²) >= 11 is 0. The first-order chi connectivity index (χ1) is 8.29. The van der Waals surface area contributed by atoms with Crippen molar-refractivity contribution in [2.24, 2.45) is 5.92 Å². The molecule has 0 aromatic rings. The summed E-state index contributed by atoms with van der Waals surface area (Å²) in [5.41, 5.74) is -0.177. The number of aliphatic hydroxyl groups excluding tert-OH is 1. The summed E-state index contributed by atoms with van der Waals surface area (Å²) in [6.07, 6.45) is 8.80. The van der Waals surface area contributed by atoms with Crippen LogP contribution in [0.1, 0.15) is 51.9 Å². The molecular formula is C14H29NO2. The fourth-order valence-corrected chi connectivity index (χ4v) is 2.35. The van der Waals surface area contributed by atoms with Crippen molar-refractivity contribution in [1.29, 1.82) is 0 Å². The lowest BCUT2D eigenvalue weighted by atomic mass is 9.95. The minimum absolute atomic E-state index is 0.177. The third-order valence-corrected chi connectivity index (χ3v) is 3.89. The standard InChI is InChI=1S/C14H29NO2/c1-3-4-5-6-7-10-17-12-14(11-16,15-2)13-8-9-13/h13,15-16H,3-12H2,1-2H3. The largest absolute Gasteiger partial charge is 0.394 e. The van der Waals surface area contributed by atoms with E-state index in [-0.39, 0.29) is 12.1 Å². The van der Waals surface area contributed by atoms with Crippen LogP contribution in [-0.4, -0.2) is 37.5 Å². The predicted octanol–water partition coefficient (Wildman–Crippen LogP) is 2.33. The van der Waals surface area contributed by atoms with Gasteiger partial charge in [-0.3, -0.25) is 0 Å². The van der Waals surface area contributed by atoms with Gasteiger partial charge in [0.15, 0.2) is 0 Å². The fourth-order valence-electron chi connectivity index (χ4n) is 2.35. The Morgan fingerprint density at radius 3 is 2.47 bits per heavy atom. The van der Waals surface area contributed by atoms with E-state index in [1.54, 1.807) is 0 Å². The molecule has 1 aliphatic carbocycles. The van der Waals surface area contributed by atoms with Crippen molar-refractivity contribution in [2.75, 3.05) is 26.9 Å². The van der Waals surface area contributed by atoms with Crippen LogP contribution in [0.5, 0.6) is 0 Å². The Morgan fingerprint density at radius 2 is 1.94 bits per heavy atom. The number of nitrogens with one attached hydrogen (secondary N) is 1. The SMILES string of the molecule is CCCCCCCOCC(CO)(NC)C1CC1. The monoisotopic (exact) mass is 243 g/mol. The van der Waals surface area contributed by atoms with Gasteiger partial charge in [0.25, 0.3) is 0 Å². The Kier molecular flexibility index (Phi) is 7.09. The molecule has 1 aliphatic rings. The molecule has 2 N–H and O–H groups in total. The van der Waals surface area contributed by atoms with Crippen LogP contribution < -0.4 is 5.32 Å². The van der Waals surface area contributed by atoms with Gasteiger partial charge in [-0.05, 0) is 32.2 Å². The Bertz CT molecular complexity index is 189. The van der Waals surface area contributed by atoms with Gasteiger partial charge in [0.05, 0.1) is 18.8 Å². The lowest BCUT2D eigenvalue weighted by molar-refractivity contribution is 0.0263. The van der Waals surface area contributed by atoms with E-state index in [4.69, 9.17) is 4.74 Å². The molecule has 0 radical (unpaired) electrons. The number of ether oxygens (including phenoxy) is 1. The van der Waals surface area contributed by atoms with Crippen molar-refractivity contribution in [1.82, 2.24) is 5.32 Å².